The minimum Gasteiger partial charge on any atom is -0.497 e. The summed E-state index contributed by atoms with van der Waals surface area (Å²) < 4.78 is 10.3. The number of carboxylic acid groups (broad SMARTS) is 1. The predicted molar refractivity (Wildman–Crippen MR) is 74.9 cm³/mol. The first kappa shape index (κ1) is 14.4. The van der Waals surface area contributed by atoms with E-state index >= 15 is 0 Å². The molecule has 0 aliphatic heterocycles. The van der Waals surface area contributed by atoms with E-state index in [1.807, 2.05) is 0 Å². The highest BCUT2D eigenvalue weighted by Gasteiger charge is 2.23. The van der Waals surface area contributed by atoms with E-state index in [4.69, 9.17) is 14.6 Å². The van der Waals surface area contributed by atoms with Crippen LogP contribution in [0, 0.1) is 0 Å². The van der Waals surface area contributed by atoms with Crippen LogP contribution < -0.4 is 9.47 Å². The van der Waals surface area contributed by atoms with Crippen molar-refractivity contribution in [1.82, 2.24) is 0 Å². The summed E-state index contributed by atoms with van der Waals surface area (Å²) in [5.74, 6) is -0.0292. The molecule has 1 heterocycles. The van der Waals surface area contributed by atoms with Gasteiger partial charge < -0.3 is 19.7 Å². The Kier molecular flexibility index (Phi) is 4.26. The van der Waals surface area contributed by atoms with E-state index in [0.29, 0.717) is 21.9 Å². The molecule has 6 heteroatoms. The lowest BCUT2D eigenvalue weighted by atomic mass is 10.0. The fraction of sp³-hybridized carbons (Fsp3) is 0.214. The van der Waals surface area contributed by atoms with Crippen molar-refractivity contribution in [3.63, 3.8) is 0 Å². The minimum absolute atomic E-state index is 0.0902. The SMILES string of the molecule is COc1ccc(OC)c(C(O)c2sccc2C(=O)O)c1. The second kappa shape index (κ2) is 5.94. The Morgan fingerprint density at radius 2 is 2.00 bits per heavy atom. The van der Waals surface area contributed by atoms with Crippen LogP contribution >= 0.6 is 11.3 Å². The Morgan fingerprint density at radius 3 is 2.60 bits per heavy atom. The second-order valence-corrected chi connectivity index (χ2v) is 4.96. The molecule has 2 N–H and O–H groups in total. The lowest BCUT2D eigenvalue weighted by Crippen LogP contribution is -2.06. The van der Waals surface area contributed by atoms with Crippen molar-refractivity contribution >= 4 is 17.3 Å². The van der Waals surface area contributed by atoms with Crippen LogP contribution in [0.25, 0.3) is 0 Å². The van der Waals surface area contributed by atoms with Gasteiger partial charge in [-0.25, -0.2) is 4.79 Å². The molecule has 1 aromatic carbocycles. The van der Waals surface area contributed by atoms with Gasteiger partial charge in [0.1, 0.15) is 17.6 Å². The van der Waals surface area contributed by atoms with Crippen LogP contribution in [0.5, 0.6) is 11.5 Å². The molecular formula is C14H14O5S. The highest BCUT2D eigenvalue weighted by molar-refractivity contribution is 7.10. The van der Waals surface area contributed by atoms with Gasteiger partial charge in [0.05, 0.1) is 24.7 Å². The molecule has 0 radical (unpaired) electrons. The van der Waals surface area contributed by atoms with E-state index in [1.165, 1.54) is 31.6 Å². The fourth-order valence-electron chi connectivity index (χ4n) is 1.90. The van der Waals surface area contributed by atoms with E-state index in [1.54, 1.807) is 23.6 Å². The number of hydrogen-bond acceptors (Lipinski definition) is 5. The Balaban J connectivity index is 2.49. The molecule has 5 nitrogen and oxygen atoms in total. The van der Waals surface area contributed by atoms with Gasteiger partial charge >= 0.3 is 5.97 Å². The largest absolute Gasteiger partial charge is 0.497 e. The van der Waals surface area contributed by atoms with Crippen molar-refractivity contribution in [2.45, 2.75) is 6.10 Å². The van der Waals surface area contributed by atoms with Crippen LogP contribution in [0.15, 0.2) is 29.6 Å². The molecule has 0 fully saturated rings. The second-order valence-electron chi connectivity index (χ2n) is 4.01. The zero-order valence-electron chi connectivity index (χ0n) is 11.0. The fourth-order valence-corrected chi connectivity index (χ4v) is 2.79. The van der Waals surface area contributed by atoms with Gasteiger partial charge in [-0.1, -0.05) is 0 Å². The van der Waals surface area contributed by atoms with Crippen LogP contribution in [0.2, 0.25) is 0 Å². The number of rotatable bonds is 5. The minimum atomic E-state index is -1.08. The third-order valence-electron chi connectivity index (χ3n) is 2.91. The van der Waals surface area contributed by atoms with Crippen molar-refractivity contribution in [2.24, 2.45) is 0 Å². The molecule has 2 aromatic rings. The van der Waals surface area contributed by atoms with E-state index in [2.05, 4.69) is 0 Å². The van der Waals surface area contributed by atoms with Crippen molar-refractivity contribution in [3.05, 3.63) is 45.6 Å². The zero-order valence-corrected chi connectivity index (χ0v) is 11.8. The molecule has 0 spiro atoms. The van der Waals surface area contributed by atoms with Gasteiger partial charge in [0.25, 0.3) is 0 Å². The monoisotopic (exact) mass is 294 g/mol. The molecule has 20 heavy (non-hydrogen) atoms. The van der Waals surface area contributed by atoms with Crippen LogP contribution in [0.3, 0.4) is 0 Å². The summed E-state index contributed by atoms with van der Waals surface area (Å²) in [5.41, 5.74) is 0.559. The van der Waals surface area contributed by atoms with Gasteiger partial charge in [-0.3, -0.25) is 0 Å². The van der Waals surface area contributed by atoms with Gasteiger partial charge in [0, 0.05) is 5.56 Å². The molecular weight excluding hydrogens is 280 g/mol. The van der Waals surface area contributed by atoms with Gasteiger partial charge in [-0.05, 0) is 29.6 Å². The van der Waals surface area contributed by atoms with E-state index in [0.717, 1.165) is 0 Å². The number of aliphatic hydroxyl groups excluding tert-OH is 1. The van der Waals surface area contributed by atoms with Crippen molar-refractivity contribution < 1.29 is 24.5 Å². The lowest BCUT2D eigenvalue weighted by Gasteiger charge is -2.15. The van der Waals surface area contributed by atoms with Gasteiger partial charge in [0.15, 0.2) is 0 Å². The predicted octanol–water partition coefficient (Wildman–Crippen LogP) is 2.55. The topological polar surface area (TPSA) is 76.0 Å². The average molecular weight is 294 g/mol. The first-order chi connectivity index (χ1) is 9.58. The Bertz CT molecular complexity index is 620. The van der Waals surface area contributed by atoms with Gasteiger partial charge in [0.2, 0.25) is 0 Å². The summed E-state index contributed by atoms with van der Waals surface area (Å²) in [6.45, 7) is 0. The highest BCUT2D eigenvalue weighted by Crippen LogP contribution is 2.36. The molecule has 0 saturated heterocycles. The smallest absolute Gasteiger partial charge is 0.336 e. The van der Waals surface area contributed by atoms with E-state index in [-0.39, 0.29) is 5.56 Å². The van der Waals surface area contributed by atoms with Crippen LogP contribution in [-0.4, -0.2) is 30.4 Å². The molecule has 1 unspecified atom stereocenters. The molecule has 106 valence electrons. The number of carboxylic acids is 1. The molecule has 0 aliphatic carbocycles. The van der Waals surface area contributed by atoms with Gasteiger partial charge in [-0.2, -0.15) is 0 Å². The number of aliphatic hydroxyl groups is 1. The van der Waals surface area contributed by atoms with Crippen molar-refractivity contribution in [1.29, 1.82) is 0 Å². The maximum Gasteiger partial charge on any atom is 0.336 e. The number of methoxy groups -OCH3 is 2. The first-order valence-corrected chi connectivity index (χ1v) is 6.67. The van der Waals surface area contributed by atoms with Crippen molar-refractivity contribution in [2.75, 3.05) is 14.2 Å². The molecule has 1 atom stereocenters. The maximum atomic E-state index is 11.1. The summed E-state index contributed by atoms with van der Waals surface area (Å²) in [6.07, 6.45) is -1.08. The van der Waals surface area contributed by atoms with Crippen LogP contribution in [-0.2, 0) is 0 Å². The summed E-state index contributed by atoms with van der Waals surface area (Å²) in [6, 6.07) is 6.49. The van der Waals surface area contributed by atoms with Crippen LogP contribution in [0.4, 0.5) is 0 Å². The van der Waals surface area contributed by atoms with Crippen LogP contribution in [0.1, 0.15) is 26.9 Å². The van der Waals surface area contributed by atoms with E-state index < -0.39 is 12.1 Å². The third-order valence-corrected chi connectivity index (χ3v) is 3.87. The normalized spacial score (nSPS) is 11.9. The average Bonchev–Trinajstić information content (AvgIpc) is 2.95. The highest BCUT2D eigenvalue weighted by atomic mass is 32.1. The number of carbonyl (C=O) groups is 1. The zero-order chi connectivity index (χ0) is 14.7. The number of hydrogen-bond donors (Lipinski definition) is 2. The van der Waals surface area contributed by atoms with Gasteiger partial charge in [-0.15, -0.1) is 11.3 Å². The number of thiophene rings is 1. The summed E-state index contributed by atoms with van der Waals surface area (Å²) in [5, 5.41) is 21.2. The van der Waals surface area contributed by atoms with Crippen molar-refractivity contribution in [3.8, 4) is 11.5 Å². The lowest BCUT2D eigenvalue weighted by molar-refractivity contribution is 0.0692. The Hall–Kier alpha value is -2.05. The maximum absolute atomic E-state index is 11.1. The van der Waals surface area contributed by atoms with E-state index in [9.17, 15) is 9.90 Å². The Labute approximate surface area is 120 Å². The number of ether oxygens (including phenoxy) is 2. The Morgan fingerprint density at radius 1 is 1.25 bits per heavy atom. The molecule has 2 rings (SSSR count). The first-order valence-electron chi connectivity index (χ1n) is 5.79. The quantitative estimate of drug-likeness (QED) is 0.886. The summed E-state index contributed by atoms with van der Waals surface area (Å²) >= 11 is 1.19. The molecule has 0 aliphatic rings. The summed E-state index contributed by atoms with van der Waals surface area (Å²) in [4.78, 5) is 11.5. The third kappa shape index (κ3) is 2.61. The molecule has 0 amide bonds. The number of aromatic carboxylic acids is 1. The number of benzene rings is 1. The molecule has 0 bridgehead atoms. The summed E-state index contributed by atoms with van der Waals surface area (Å²) in [7, 11) is 3.01. The molecule has 1 aromatic heterocycles. The molecule has 0 saturated carbocycles. The standard InChI is InChI=1S/C14H14O5S/c1-18-8-3-4-11(19-2)10(7-8)12(15)13-9(14(16)17)5-6-20-13/h3-7,12,15H,1-2H3,(H,16,17).